The number of pyridine rings is 1. The van der Waals surface area contributed by atoms with Gasteiger partial charge in [0.15, 0.2) is 5.58 Å². The number of nitrogens with zero attached hydrogens (tertiary/aromatic N) is 1. The lowest BCUT2D eigenvalue weighted by Crippen LogP contribution is -2.18. The van der Waals surface area contributed by atoms with Crippen molar-refractivity contribution in [1.29, 1.82) is 0 Å². The number of benzene rings is 1. The number of furan rings is 1. The van der Waals surface area contributed by atoms with Crippen molar-refractivity contribution in [3.05, 3.63) is 59.5 Å². The lowest BCUT2D eigenvalue weighted by Gasteiger charge is -2.05. The number of hydrogen-bond acceptors (Lipinski definition) is 4. The van der Waals surface area contributed by atoms with E-state index in [0.717, 1.165) is 35.3 Å². The number of hydrogen-bond donors (Lipinski definition) is 1. The minimum absolute atomic E-state index is 0.0792. The van der Waals surface area contributed by atoms with Crippen LogP contribution in [-0.4, -0.2) is 17.5 Å². The average Bonchev–Trinajstić information content (AvgIpc) is 3.02. The molecule has 5 nitrogen and oxygen atoms in total. The van der Waals surface area contributed by atoms with Crippen molar-refractivity contribution in [2.24, 2.45) is 0 Å². The molecule has 0 aliphatic heterocycles. The van der Waals surface area contributed by atoms with Crippen molar-refractivity contribution in [2.75, 3.05) is 6.61 Å². The predicted molar refractivity (Wildman–Crippen MR) is 96.5 cm³/mol. The van der Waals surface area contributed by atoms with Gasteiger partial charge >= 0.3 is 0 Å². The number of amides is 1. The largest absolute Gasteiger partial charge is 0.494 e. The van der Waals surface area contributed by atoms with Gasteiger partial charge in [-0.05, 0) is 49.1 Å². The maximum absolute atomic E-state index is 11.0. The molecule has 0 spiro atoms. The molecule has 1 aromatic carbocycles. The van der Waals surface area contributed by atoms with Crippen LogP contribution in [-0.2, 0) is 24.2 Å². The van der Waals surface area contributed by atoms with Crippen LogP contribution in [0.2, 0.25) is 0 Å². The Morgan fingerprint density at radius 3 is 2.64 bits per heavy atom. The van der Waals surface area contributed by atoms with E-state index in [0.29, 0.717) is 18.9 Å². The first-order valence-corrected chi connectivity index (χ1v) is 8.47. The Bertz CT molecular complexity index is 853. The van der Waals surface area contributed by atoms with Gasteiger partial charge in [-0.2, -0.15) is 0 Å². The average molecular weight is 338 g/mol. The fourth-order valence-electron chi connectivity index (χ4n) is 2.65. The maximum atomic E-state index is 11.0. The van der Waals surface area contributed by atoms with Crippen molar-refractivity contribution < 1.29 is 13.9 Å². The Morgan fingerprint density at radius 2 is 1.92 bits per heavy atom. The molecule has 3 aromatic rings. The summed E-state index contributed by atoms with van der Waals surface area (Å²) in [5.41, 5.74) is 3.95. The summed E-state index contributed by atoms with van der Waals surface area (Å²) in [5.74, 6) is 1.53. The van der Waals surface area contributed by atoms with E-state index in [2.05, 4.69) is 22.4 Å². The summed E-state index contributed by atoms with van der Waals surface area (Å²) < 4.78 is 11.2. The van der Waals surface area contributed by atoms with Crippen LogP contribution in [0.1, 0.15) is 30.7 Å². The van der Waals surface area contributed by atoms with Crippen molar-refractivity contribution in [3.8, 4) is 5.75 Å². The fourth-order valence-corrected chi connectivity index (χ4v) is 2.65. The molecule has 130 valence electrons. The first-order valence-electron chi connectivity index (χ1n) is 8.47. The number of aromatic nitrogens is 1. The van der Waals surface area contributed by atoms with Crippen LogP contribution in [0.5, 0.6) is 5.75 Å². The van der Waals surface area contributed by atoms with E-state index in [1.165, 1.54) is 12.5 Å². The fraction of sp³-hybridized carbons (Fsp3) is 0.300. The normalized spacial score (nSPS) is 10.8. The molecule has 0 atom stereocenters. The second-order valence-electron chi connectivity index (χ2n) is 5.93. The third-order valence-electron chi connectivity index (χ3n) is 3.93. The molecule has 3 rings (SSSR count). The van der Waals surface area contributed by atoms with E-state index in [4.69, 9.17) is 9.15 Å². The van der Waals surface area contributed by atoms with E-state index >= 15 is 0 Å². The monoisotopic (exact) mass is 338 g/mol. The van der Waals surface area contributed by atoms with Crippen LogP contribution in [0.3, 0.4) is 0 Å². The molecule has 1 amide bonds. The summed E-state index contributed by atoms with van der Waals surface area (Å²) in [6, 6.07) is 12.1. The number of aryl methyl sites for hydroxylation is 2. The summed E-state index contributed by atoms with van der Waals surface area (Å²) in [5, 5.41) is 2.73. The van der Waals surface area contributed by atoms with Gasteiger partial charge < -0.3 is 14.5 Å². The van der Waals surface area contributed by atoms with Crippen LogP contribution in [0.25, 0.3) is 11.1 Å². The molecule has 0 radical (unpaired) electrons. The smallest absolute Gasteiger partial charge is 0.217 e. The highest BCUT2D eigenvalue weighted by molar-refractivity contribution is 5.75. The van der Waals surface area contributed by atoms with Gasteiger partial charge in [-0.15, -0.1) is 0 Å². The maximum Gasteiger partial charge on any atom is 0.217 e. The van der Waals surface area contributed by atoms with Gasteiger partial charge in [0.2, 0.25) is 5.91 Å². The zero-order valence-corrected chi connectivity index (χ0v) is 14.5. The summed E-state index contributed by atoms with van der Waals surface area (Å²) in [6.07, 6.45) is 3.70. The van der Waals surface area contributed by atoms with Crippen molar-refractivity contribution in [2.45, 2.75) is 33.2 Å². The van der Waals surface area contributed by atoms with Crippen LogP contribution >= 0.6 is 0 Å². The predicted octanol–water partition coefficient (Wildman–Crippen LogP) is 3.65. The minimum atomic E-state index is -0.0792. The van der Waals surface area contributed by atoms with Crippen LogP contribution < -0.4 is 10.1 Å². The van der Waals surface area contributed by atoms with Crippen molar-refractivity contribution >= 4 is 17.0 Å². The van der Waals surface area contributed by atoms with E-state index in [1.807, 2.05) is 37.4 Å². The third-order valence-corrected chi connectivity index (χ3v) is 3.93. The highest BCUT2D eigenvalue weighted by Crippen LogP contribution is 2.20. The molecule has 2 heterocycles. The first kappa shape index (κ1) is 17.0. The second kappa shape index (κ2) is 7.83. The van der Waals surface area contributed by atoms with Gasteiger partial charge in [-0.25, -0.2) is 0 Å². The molecule has 0 aliphatic carbocycles. The topological polar surface area (TPSA) is 64.4 Å². The molecule has 0 bridgehead atoms. The third kappa shape index (κ3) is 4.59. The Hall–Kier alpha value is -2.82. The number of rotatable bonds is 7. The van der Waals surface area contributed by atoms with Gasteiger partial charge in [0.05, 0.1) is 13.2 Å². The molecule has 0 unspecified atom stereocenters. The quantitative estimate of drug-likeness (QED) is 0.714. The molecule has 0 saturated carbocycles. The van der Waals surface area contributed by atoms with E-state index in [1.54, 1.807) is 0 Å². The Kier molecular flexibility index (Phi) is 5.33. The summed E-state index contributed by atoms with van der Waals surface area (Å²) in [6.45, 7) is 4.53. The molecule has 25 heavy (non-hydrogen) atoms. The van der Waals surface area contributed by atoms with Gasteiger partial charge in [0.25, 0.3) is 0 Å². The first-order chi connectivity index (χ1) is 12.1. The highest BCUT2D eigenvalue weighted by atomic mass is 16.5. The van der Waals surface area contributed by atoms with Crippen LogP contribution in [0.4, 0.5) is 0 Å². The molecular formula is C20H22N2O3. The number of carbonyl (C=O) groups is 1. The standard InChI is InChI=1S/C20H22N2O3/c1-3-24-17-8-6-15(7-9-17)4-5-16-10-20-19(22-12-16)11-18(25-20)13-21-14(2)23/h6-12H,3-5,13H2,1-2H3,(H,21,23). The summed E-state index contributed by atoms with van der Waals surface area (Å²) in [4.78, 5) is 15.4. The Balaban J connectivity index is 1.64. The molecule has 2 aromatic heterocycles. The van der Waals surface area contributed by atoms with Crippen molar-refractivity contribution in [3.63, 3.8) is 0 Å². The van der Waals surface area contributed by atoms with Crippen molar-refractivity contribution in [1.82, 2.24) is 10.3 Å². The van der Waals surface area contributed by atoms with E-state index in [-0.39, 0.29) is 5.91 Å². The van der Waals surface area contributed by atoms with Gasteiger partial charge in [-0.3, -0.25) is 9.78 Å². The lowest BCUT2D eigenvalue weighted by molar-refractivity contribution is -0.119. The van der Waals surface area contributed by atoms with E-state index in [9.17, 15) is 4.79 Å². The van der Waals surface area contributed by atoms with Gasteiger partial charge in [-0.1, -0.05) is 12.1 Å². The van der Waals surface area contributed by atoms with E-state index < -0.39 is 0 Å². The van der Waals surface area contributed by atoms with Crippen LogP contribution in [0, 0.1) is 0 Å². The second-order valence-corrected chi connectivity index (χ2v) is 5.93. The molecular weight excluding hydrogens is 316 g/mol. The molecule has 0 fully saturated rings. The zero-order valence-electron chi connectivity index (χ0n) is 14.5. The summed E-state index contributed by atoms with van der Waals surface area (Å²) in [7, 11) is 0. The summed E-state index contributed by atoms with van der Waals surface area (Å²) >= 11 is 0. The number of ether oxygens (including phenoxy) is 1. The molecule has 5 heteroatoms. The number of nitrogens with one attached hydrogen (secondary N) is 1. The molecule has 0 aliphatic rings. The number of fused-ring (bicyclic) bond motifs is 1. The SMILES string of the molecule is CCOc1ccc(CCc2cnc3cc(CNC(C)=O)oc3c2)cc1. The highest BCUT2D eigenvalue weighted by Gasteiger charge is 2.07. The van der Waals surface area contributed by atoms with Gasteiger partial charge in [0.1, 0.15) is 17.0 Å². The molecule has 0 saturated heterocycles. The lowest BCUT2D eigenvalue weighted by atomic mass is 10.1. The Labute approximate surface area is 147 Å². The molecule has 1 N–H and O–H groups in total. The Morgan fingerprint density at radius 1 is 1.16 bits per heavy atom. The zero-order chi connectivity index (χ0) is 17.6. The van der Waals surface area contributed by atoms with Gasteiger partial charge in [0, 0.05) is 19.2 Å². The minimum Gasteiger partial charge on any atom is -0.494 e. The number of carbonyl (C=O) groups excluding carboxylic acids is 1. The van der Waals surface area contributed by atoms with Crippen LogP contribution in [0.15, 0.2) is 47.0 Å².